The molecule has 2 aromatic carbocycles. The van der Waals surface area contributed by atoms with Gasteiger partial charge >= 0.3 is 24.0 Å². The summed E-state index contributed by atoms with van der Waals surface area (Å²) in [4.78, 5) is 48.9. The van der Waals surface area contributed by atoms with Crippen LogP contribution in [0.15, 0.2) is 48.5 Å². The van der Waals surface area contributed by atoms with E-state index in [0.29, 0.717) is 0 Å². The molecule has 5 N–H and O–H groups in total. The first-order chi connectivity index (χ1) is 20.0. The first-order valence-corrected chi connectivity index (χ1v) is 13.3. The van der Waals surface area contributed by atoms with Crippen molar-refractivity contribution in [3.8, 4) is 11.1 Å². The Labute approximate surface area is 241 Å². The van der Waals surface area contributed by atoms with E-state index in [4.69, 9.17) is 29.4 Å². The first-order valence-electron chi connectivity index (χ1n) is 13.3. The third-order valence-electron chi connectivity index (χ3n) is 7.20. The summed E-state index contributed by atoms with van der Waals surface area (Å²) in [5.74, 6) is -5.26. The van der Waals surface area contributed by atoms with Crippen LogP contribution >= 0.6 is 0 Å². The number of aliphatic hydroxyl groups is 2. The van der Waals surface area contributed by atoms with Gasteiger partial charge in [-0.3, -0.25) is 14.4 Å². The average molecular weight is 587 g/mol. The fourth-order valence-corrected chi connectivity index (χ4v) is 5.41. The smallest absolute Gasteiger partial charge is 0.407 e. The number of benzene rings is 2. The van der Waals surface area contributed by atoms with Crippen LogP contribution in [0.1, 0.15) is 37.8 Å². The van der Waals surface area contributed by atoms with E-state index in [1.54, 1.807) is 0 Å². The van der Waals surface area contributed by atoms with Gasteiger partial charge in [0.15, 0.2) is 12.2 Å². The van der Waals surface area contributed by atoms with Gasteiger partial charge in [0.25, 0.3) is 0 Å². The minimum absolute atomic E-state index is 0.0847. The molecule has 2 aromatic rings. The van der Waals surface area contributed by atoms with Crippen LogP contribution in [0.5, 0.6) is 0 Å². The lowest BCUT2D eigenvalue weighted by molar-refractivity contribution is -0.330. The number of carbonyl (C=O) groups excluding carboxylic acids is 4. The predicted molar refractivity (Wildman–Crippen MR) is 145 cm³/mol. The van der Waals surface area contributed by atoms with Gasteiger partial charge in [0.05, 0.1) is 12.6 Å². The monoisotopic (exact) mass is 586 g/mol. The molecular weight excluding hydrogens is 552 g/mol. The third-order valence-corrected chi connectivity index (χ3v) is 7.20. The Balaban J connectivity index is 1.62. The molecule has 0 bridgehead atoms. The zero-order valence-electron chi connectivity index (χ0n) is 23.4. The summed E-state index contributed by atoms with van der Waals surface area (Å²) in [6.45, 7) is 1.82. The minimum Gasteiger partial charge on any atom is -0.463 e. The van der Waals surface area contributed by atoms with Crippen LogP contribution in [0.3, 0.4) is 0 Å². The number of carbonyl (C=O) groups is 4. The Morgan fingerprint density at radius 2 is 1.43 bits per heavy atom. The molecule has 1 heterocycles. The van der Waals surface area contributed by atoms with Crippen molar-refractivity contribution in [2.24, 2.45) is 5.73 Å². The highest BCUT2D eigenvalue weighted by atomic mass is 16.7. The molecule has 226 valence electrons. The van der Waals surface area contributed by atoms with Crippen LogP contribution in [0, 0.1) is 0 Å². The molecule has 2 aliphatic rings. The molecule has 1 aliphatic carbocycles. The second-order valence-electron chi connectivity index (χ2n) is 10.1. The lowest BCUT2D eigenvalue weighted by Crippen LogP contribution is -2.76. The van der Waals surface area contributed by atoms with Crippen molar-refractivity contribution in [3.05, 3.63) is 59.7 Å². The molecular formula is C29H34N2O11. The van der Waals surface area contributed by atoms with E-state index in [9.17, 15) is 29.4 Å². The molecule has 0 radical (unpaired) electrons. The summed E-state index contributed by atoms with van der Waals surface area (Å²) in [6, 6.07) is 12.2. The van der Waals surface area contributed by atoms with Gasteiger partial charge in [-0.2, -0.15) is 0 Å². The van der Waals surface area contributed by atoms with Gasteiger partial charge < -0.3 is 44.9 Å². The van der Waals surface area contributed by atoms with Crippen molar-refractivity contribution in [1.29, 1.82) is 0 Å². The fourth-order valence-electron chi connectivity index (χ4n) is 5.41. The van der Waals surface area contributed by atoms with E-state index in [2.05, 4.69) is 5.32 Å². The van der Waals surface area contributed by atoms with Crippen molar-refractivity contribution in [2.45, 2.75) is 62.9 Å². The van der Waals surface area contributed by atoms with E-state index in [1.807, 2.05) is 48.5 Å². The van der Waals surface area contributed by atoms with E-state index in [1.165, 1.54) is 0 Å². The summed E-state index contributed by atoms with van der Waals surface area (Å²) in [5, 5.41) is 23.9. The van der Waals surface area contributed by atoms with Gasteiger partial charge in [0.1, 0.15) is 25.4 Å². The largest absolute Gasteiger partial charge is 0.463 e. The zero-order valence-corrected chi connectivity index (χ0v) is 23.4. The first kappa shape index (κ1) is 30.9. The Morgan fingerprint density at radius 1 is 0.881 bits per heavy atom. The highest BCUT2D eigenvalue weighted by Gasteiger charge is 2.60. The van der Waals surface area contributed by atoms with Gasteiger partial charge in [0, 0.05) is 26.7 Å². The number of aliphatic hydroxyl groups excluding tert-OH is 1. The minimum atomic E-state index is -2.60. The van der Waals surface area contributed by atoms with E-state index >= 15 is 0 Å². The Hall–Kier alpha value is -4.04. The predicted octanol–water partition coefficient (Wildman–Crippen LogP) is 0.727. The van der Waals surface area contributed by atoms with Gasteiger partial charge in [-0.05, 0) is 22.3 Å². The van der Waals surface area contributed by atoms with Crippen molar-refractivity contribution in [1.82, 2.24) is 5.32 Å². The van der Waals surface area contributed by atoms with Crippen molar-refractivity contribution >= 4 is 24.0 Å². The molecule has 0 saturated carbocycles. The average Bonchev–Trinajstić information content (AvgIpc) is 3.27. The number of fused-ring (bicyclic) bond motifs is 3. The normalized spacial score (nSPS) is 25.4. The van der Waals surface area contributed by atoms with Gasteiger partial charge in [-0.15, -0.1) is 0 Å². The number of ether oxygens (including phenoxy) is 5. The van der Waals surface area contributed by atoms with Crippen LogP contribution in [-0.4, -0.2) is 90.2 Å². The van der Waals surface area contributed by atoms with Crippen LogP contribution < -0.4 is 11.1 Å². The fraction of sp³-hybridized carbons (Fsp3) is 0.448. The number of nitrogens with one attached hydrogen (secondary N) is 1. The number of nitrogens with two attached hydrogens (primary N) is 1. The number of amides is 1. The molecule has 42 heavy (non-hydrogen) atoms. The second kappa shape index (κ2) is 12.9. The molecule has 13 heteroatoms. The number of esters is 3. The molecule has 4 rings (SSSR count). The molecule has 1 aliphatic heterocycles. The van der Waals surface area contributed by atoms with Crippen molar-refractivity contribution in [2.75, 3.05) is 19.8 Å². The third kappa shape index (κ3) is 6.39. The maximum absolute atomic E-state index is 13.2. The Morgan fingerprint density at radius 3 is 1.95 bits per heavy atom. The summed E-state index contributed by atoms with van der Waals surface area (Å²) >= 11 is 0. The molecule has 1 fully saturated rings. The molecule has 0 aromatic heterocycles. The standard InChI is InChI=1S/C29H34N2O11/c1-15(33)38-14-23-25(40-16(2)34)26(41-17(3)35)27(29(37,42-23)24(30)12-32)31-28(36)39-13-22-20-10-6-4-8-18(20)19-9-5-7-11-21(19)22/h4-11,22-27,32,37H,12-14,30H2,1-3H3,(H,31,36)/t23-,24?,25+,26+,27-,29-/m1/s1. The van der Waals surface area contributed by atoms with E-state index in [0.717, 1.165) is 43.0 Å². The summed E-state index contributed by atoms with van der Waals surface area (Å²) in [7, 11) is 0. The second-order valence-corrected chi connectivity index (χ2v) is 10.1. The van der Waals surface area contributed by atoms with Crippen LogP contribution in [0.25, 0.3) is 11.1 Å². The molecule has 13 nitrogen and oxygen atoms in total. The van der Waals surface area contributed by atoms with Gasteiger partial charge in [-0.25, -0.2) is 4.79 Å². The number of hydrogen-bond donors (Lipinski definition) is 4. The molecule has 1 unspecified atom stereocenters. The topological polar surface area (TPSA) is 193 Å². The summed E-state index contributed by atoms with van der Waals surface area (Å²) < 4.78 is 27.1. The van der Waals surface area contributed by atoms with Crippen molar-refractivity contribution in [3.63, 3.8) is 0 Å². The van der Waals surface area contributed by atoms with Gasteiger partial charge in [-0.1, -0.05) is 48.5 Å². The van der Waals surface area contributed by atoms with E-state index in [-0.39, 0.29) is 12.5 Å². The maximum atomic E-state index is 13.2. The zero-order chi connectivity index (χ0) is 30.6. The Kier molecular flexibility index (Phi) is 9.46. The van der Waals surface area contributed by atoms with Crippen molar-refractivity contribution < 1.29 is 53.1 Å². The molecule has 0 spiro atoms. The summed E-state index contributed by atoms with van der Waals surface area (Å²) in [5.41, 5.74) is 9.98. The quantitative estimate of drug-likeness (QED) is 0.238. The summed E-state index contributed by atoms with van der Waals surface area (Å²) in [6.07, 6.45) is -5.49. The SMILES string of the molecule is CC(=O)OC[C@H]1O[C@](O)(C(N)CO)[C@H](NC(=O)OCC2c3ccccc3-c3ccccc32)[C@@H](OC(C)=O)[C@H]1OC(C)=O. The lowest BCUT2D eigenvalue weighted by Gasteiger charge is -2.51. The van der Waals surface area contributed by atoms with Gasteiger partial charge in [0.2, 0.25) is 5.79 Å². The highest BCUT2D eigenvalue weighted by Crippen LogP contribution is 2.44. The molecule has 1 saturated heterocycles. The molecule has 6 atom stereocenters. The molecule has 1 amide bonds. The van der Waals surface area contributed by atoms with Crippen LogP contribution in [0.2, 0.25) is 0 Å². The maximum Gasteiger partial charge on any atom is 0.407 e. The lowest BCUT2D eigenvalue weighted by atomic mass is 9.86. The Bertz CT molecular complexity index is 1290. The number of alkyl carbamates (subject to hydrolysis) is 1. The number of rotatable bonds is 9. The highest BCUT2D eigenvalue weighted by molar-refractivity contribution is 5.79. The number of hydrogen-bond acceptors (Lipinski definition) is 12. The van der Waals surface area contributed by atoms with Crippen LogP contribution in [0.4, 0.5) is 4.79 Å². The van der Waals surface area contributed by atoms with Crippen LogP contribution in [-0.2, 0) is 38.1 Å². The van der Waals surface area contributed by atoms with E-state index < -0.39 is 73.4 Å².